The third-order valence-corrected chi connectivity index (χ3v) is 1.98. The van der Waals surface area contributed by atoms with Gasteiger partial charge in [0.2, 0.25) is 0 Å². The highest BCUT2D eigenvalue weighted by Crippen LogP contribution is 2.08. The molecular formula is C9H15NO4. The van der Waals surface area contributed by atoms with Gasteiger partial charge >= 0.3 is 6.09 Å². The fourth-order valence-electron chi connectivity index (χ4n) is 1.24. The van der Waals surface area contributed by atoms with Crippen molar-refractivity contribution in [1.29, 1.82) is 0 Å². The largest absolute Gasteiger partial charge is 0.419 e. The van der Waals surface area contributed by atoms with Crippen molar-refractivity contribution in [2.24, 2.45) is 0 Å². The second kappa shape index (κ2) is 5.62. The van der Waals surface area contributed by atoms with Crippen LogP contribution in [0.25, 0.3) is 0 Å². The number of aliphatic hydroxyl groups excluding tert-OH is 1. The zero-order chi connectivity index (χ0) is 10.4. The number of carbonyl (C=O) groups excluding carboxylic acids is 1. The van der Waals surface area contributed by atoms with Crippen molar-refractivity contribution in [3.63, 3.8) is 0 Å². The molecule has 80 valence electrons. The van der Waals surface area contributed by atoms with Crippen molar-refractivity contribution in [3.05, 3.63) is 12.3 Å². The van der Waals surface area contributed by atoms with Gasteiger partial charge in [-0.05, 0) is 6.92 Å². The molecule has 1 saturated heterocycles. The van der Waals surface area contributed by atoms with Gasteiger partial charge in [-0.25, -0.2) is 4.79 Å². The summed E-state index contributed by atoms with van der Waals surface area (Å²) in [7, 11) is 0. The Morgan fingerprint density at radius 2 is 2.57 bits per heavy atom. The number of allylic oxidation sites excluding steroid dienone is 1. The number of rotatable bonds is 2. The predicted molar refractivity (Wildman–Crippen MR) is 49.7 cm³/mol. The van der Waals surface area contributed by atoms with E-state index in [1.807, 2.05) is 0 Å². The van der Waals surface area contributed by atoms with Crippen LogP contribution in [-0.4, -0.2) is 48.5 Å². The Morgan fingerprint density at radius 3 is 3.21 bits per heavy atom. The van der Waals surface area contributed by atoms with Crippen LogP contribution in [0.2, 0.25) is 0 Å². The average Bonchev–Trinajstić information content (AvgIpc) is 2.25. The van der Waals surface area contributed by atoms with Crippen LogP contribution in [0, 0.1) is 0 Å². The lowest BCUT2D eigenvalue weighted by molar-refractivity contribution is -0.0196. The Morgan fingerprint density at radius 1 is 1.79 bits per heavy atom. The number of ether oxygens (including phenoxy) is 2. The van der Waals surface area contributed by atoms with Crippen LogP contribution >= 0.6 is 0 Å². The van der Waals surface area contributed by atoms with Crippen molar-refractivity contribution in [3.8, 4) is 0 Å². The topological polar surface area (TPSA) is 59.0 Å². The second-order valence-electron chi connectivity index (χ2n) is 2.96. The molecule has 14 heavy (non-hydrogen) atoms. The van der Waals surface area contributed by atoms with Crippen LogP contribution in [-0.2, 0) is 9.47 Å². The van der Waals surface area contributed by atoms with Gasteiger partial charge in [0, 0.05) is 6.54 Å². The van der Waals surface area contributed by atoms with Gasteiger partial charge in [0.15, 0.2) is 0 Å². The smallest absolute Gasteiger partial charge is 0.415 e. The summed E-state index contributed by atoms with van der Waals surface area (Å²) < 4.78 is 9.93. The average molecular weight is 201 g/mol. The van der Waals surface area contributed by atoms with E-state index in [1.54, 1.807) is 13.0 Å². The Kier molecular flexibility index (Phi) is 4.42. The Bertz CT molecular complexity index is 217. The monoisotopic (exact) mass is 201 g/mol. The first-order valence-electron chi connectivity index (χ1n) is 4.56. The molecule has 0 bridgehead atoms. The highest BCUT2D eigenvalue weighted by Gasteiger charge is 2.27. The minimum Gasteiger partial charge on any atom is -0.419 e. The summed E-state index contributed by atoms with van der Waals surface area (Å²) in [6, 6.07) is -0.290. The van der Waals surface area contributed by atoms with Gasteiger partial charge in [0.05, 0.1) is 32.1 Å². The standard InChI is InChI=1S/C9H15NO4/c1-2-4-14-9(12)10-3-5-13-7-8(10)6-11/h2,4,8,11H,3,5-7H2,1H3/t8-/m0/s1. The first kappa shape index (κ1) is 11.0. The van der Waals surface area contributed by atoms with Crippen LogP contribution in [0.4, 0.5) is 4.79 Å². The quantitative estimate of drug-likeness (QED) is 0.655. The van der Waals surface area contributed by atoms with E-state index in [-0.39, 0.29) is 12.6 Å². The molecule has 1 N–H and O–H groups in total. The van der Waals surface area contributed by atoms with Gasteiger partial charge in [0.25, 0.3) is 0 Å². The Labute approximate surface area is 82.9 Å². The Balaban J connectivity index is 2.50. The first-order valence-corrected chi connectivity index (χ1v) is 4.56. The van der Waals surface area contributed by atoms with Gasteiger partial charge in [-0.15, -0.1) is 0 Å². The van der Waals surface area contributed by atoms with Crippen molar-refractivity contribution in [2.75, 3.05) is 26.4 Å². The molecule has 1 aliphatic rings. The number of nitrogens with zero attached hydrogens (tertiary/aromatic N) is 1. The molecule has 1 fully saturated rings. The molecule has 0 aromatic heterocycles. The molecule has 5 heteroatoms. The number of aliphatic hydroxyl groups is 1. The molecule has 0 radical (unpaired) electrons. The molecule has 1 aliphatic heterocycles. The van der Waals surface area contributed by atoms with E-state index >= 15 is 0 Å². The minimum absolute atomic E-state index is 0.106. The van der Waals surface area contributed by atoms with E-state index < -0.39 is 6.09 Å². The molecule has 0 saturated carbocycles. The van der Waals surface area contributed by atoms with E-state index in [0.29, 0.717) is 19.8 Å². The number of morpholine rings is 1. The maximum Gasteiger partial charge on any atom is 0.415 e. The van der Waals surface area contributed by atoms with Gasteiger partial charge in [-0.3, -0.25) is 4.90 Å². The highest BCUT2D eigenvalue weighted by molar-refractivity contribution is 5.68. The zero-order valence-corrected chi connectivity index (χ0v) is 8.18. The van der Waals surface area contributed by atoms with Crippen LogP contribution < -0.4 is 0 Å². The van der Waals surface area contributed by atoms with E-state index in [2.05, 4.69) is 0 Å². The zero-order valence-electron chi connectivity index (χ0n) is 8.18. The third kappa shape index (κ3) is 2.71. The molecule has 0 aromatic rings. The van der Waals surface area contributed by atoms with Crippen LogP contribution in [0.1, 0.15) is 6.92 Å². The van der Waals surface area contributed by atoms with Crippen molar-refractivity contribution >= 4 is 6.09 Å². The van der Waals surface area contributed by atoms with Crippen LogP contribution in [0.3, 0.4) is 0 Å². The lowest BCUT2D eigenvalue weighted by Crippen LogP contribution is -2.50. The maximum absolute atomic E-state index is 11.4. The number of carbonyl (C=O) groups is 1. The van der Waals surface area contributed by atoms with Gasteiger partial charge in [0.1, 0.15) is 0 Å². The fourth-order valence-corrected chi connectivity index (χ4v) is 1.24. The van der Waals surface area contributed by atoms with Gasteiger partial charge < -0.3 is 14.6 Å². The number of hydrogen-bond donors (Lipinski definition) is 1. The molecule has 1 atom stereocenters. The second-order valence-corrected chi connectivity index (χ2v) is 2.96. The minimum atomic E-state index is -0.439. The molecule has 5 nitrogen and oxygen atoms in total. The van der Waals surface area contributed by atoms with Gasteiger partial charge in [-0.2, -0.15) is 0 Å². The highest BCUT2D eigenvalue weighted by atomic mass is 16.6. The van der Waals surface area contributed by atoms with Crippen molar-refractivity contribution in [1.82, 2.24) is 4.90 Å². The summed E-state index contributed by atoms with van der Waals surface area (Å²) >= 11 is 0. The van der Waals surface area contributed by atoms with Crippen molar-refractivity contribution < 1.29 is 19.4 Å². The molecular weight excluding hydrogens is 186 g/mol. The van der Waals surface area contributed by atoms with Crippen LogP contribution in [0.5, 0.6) is 0 Å². The Hall–Kier alpha value is -1.07. The summed E-state index contributed by atoms with van der Waals surface area (Å²) in [5, 5.41) is 8.99. The lowest BCUT2D eigenvalue weighted by atomic mass is 10.2. The molecule has 1 rings (SSSR count). The number of hydrogen-bond acceptors (Lipinski definition) is 4. The maximum atomic E-state index is 11.4. The lowest BCUT2D eigenvalue weighted by Gasteiger charge is -2.32. The summed E-state index contributed by atoms with van der Waals surface area (Å²) in [6.45, 7) is 2.96. The molecule has 1 heterocycles. The van der Waals surface area contributed by atoms with Crippen LogP contribution in [0.15, 0.2) is 12.3 Å². The fraction of sp³-hybridized carbons (Fsp3) is 0.667. The third-order valence-electron chi connectivity index (χ3n) is 1.98. The molecule has 0 unspecified atom stereocenters. The van der Waals surface area contributed by atoms with E-state index in [0.717, 1.165) is 0 Å². The summed E-state index contributed by atoms with van der Waals surface area (Å²) in [4.78, 5) is 12.9. The first-order chi connectivity index (χ1) is 6.79. The predicted octanol–water partition coefficient (Wildman–Crippen LogP) is 0.350. The summed E-state index contributed by atoms with van der Waals surface area (Å²) in [5.41, 5.74) is 0. The molecule has 0 spiro atoms. The number of amides is 1. The normalized spacial score (nSPS) is 22.7. The molecule has 1 amide bonds. The van der Waals surface area contributed by atoms with E-state index in [9.17, 15) is 4.79 Å². The molecule has 0 aromatic carbocycles. The van der Waals surface area contributed by atoms with Crippen molar-refractivity contribution in [2.45, 2.75) is 13.0 Å². The van der Waals surface area contributed by atoms with Gasteiger partial charge in [-0.1, -0.05) is 6.08 Å². The summed E-state index contributed by atoms with van der Waals surface area (Å²) in [6.07, 6.45) is 2.52. The van der Waals surface area contributed by atoms with E-state index in [4.69, 9.17) is 14.6 Å². The summed E-state index contributed by atoms with van der Waals surface area (Å²) in [5.74, 6) is 0. The SMILES string of the molecule is CC=COC(=O)N1CCOC[C@@H]1CO. The van der Waals surface area contributed by atoms with E-state index in [1.165, 1.54) is 11.2 Å². The molecule has 0 aliphatic carbocycles.